The Balaban J connectivity index is 1.92. The Bertz CT molecular complexity index is 930. The number of amides is 1. The van der Waals surface area contributed by atoms with Gasteiger partial charge in [-0.1, -0.05) is 5.16 Å². The fourth-order valence-corrected chi connectivity index (χ4v) is 3.22. The number of aryl methyl sites for hydroxylation is 1. The summed E-state index contributed by atoms with van der Waals surface area (Å²) in [7, 11) is 0. The SMILES string of the molecule is Cc1nc(C2CCCN(C(=O)c3cn(C(C)C)cc(C(=O)O)c3=O)C2)no1. The van der Waals surface area contributed by atoms with Gasteiger partial charge in [-0.15, -0.1) is 0 Å². The molecule has 3 heterocycles. The number of hydrogen-bond donors (Lipinski definition) is 1. The predicted molar refractivity (Wildman–Crippen MR) is 95.0 cm³/mol. The zero-order chi connectivity index (χ0) is 19.7. The number of carbonyl (C=O) groups excluding carboxylic acids is 1. The molecule has 9 heteroatoms. The molecular formula is C18H22N4O5. The van der Waals surface area contributed by atoms with Crippen LogP contribution in [0.3, 0.4) is 0 Å². The van der Waals surface area contributed by atoms with Crippen LogP contribution in [0, 0.1) is 6.92 Å². The maximum atomic E-state index is 13.0. The number of rotatable bonds is 4. The molecule has 0 saturated carbocycles. The van der Waals surface area contributed by atoms with Crippen LogP contribution in [0.15, 0.2) is 21.7 Å². The summed E-state index contributed by atoms with van der Waals surface area (Å²) in [6.07, 6.45) is 4.26. The summed E-state index contributed by atoms with van der Waals surface area (Å²) in [5, 5.41) is 13.2. The first-order valence-corrected chi connectivity index (χ1v) is 8.86. The van der Waals surface area contributed by atoms with Crippen LogP contribution >= 0.6 is 0 Å². The minimum Gasteiger partial charge on any atom is -0.477 e. The molecule has 1 N–H and O–H groups in total. The van der Waals surface area contributed by atoms with E-state index in [9.17, 15) is 19.5 Å². The summed E-state index contributed by atoms with van der Waals surface area (Å²) in [5.74, 6) is -0.883. The first kappa shape index (κ1) is 18.8. The maximum absolute atomic E-state index is 13.0. The van der Waals surface area contributed by atoms with Crippen LogP contribution in [0.5, 0.6) is 0 Å². The highest BCUT2D eigenvalue weighted by Crippen LogP contribution is 2.25. The Morgan fingerprint density at radius 1 is 1.30 bits per heavy atom. The van der Waals surface area contributed by atoms with Crippen LogP contribution in [0.2, 0.25) is 0 Å². The van der Waals surface area contributed by atoms with Crippen LogP contribution in [0.1, 0.15) is 71.1 Å². The highest BCUT2D eigenvalue weighted by atomic mass is 16.5. The predicted octanol–water partition coefficient (Wildman–Crippen LogP) is 1.84. The summed E-state index contributed by atoms with van der Waals surface area (Å²) in [6.45, 7) is 6.24. The lowest BCUT2D eigenvalue weighted by molar-refractivity contribution is 0.0693. The number of likely N-dealkylation sites (tertiary alicyclic amines) is 1. The molecule has 1 amide bonds. The third-order valence-electron chi connectivity index (χ3n) is 4.72. The minimum atomic E-state index is -1.34. The number of nitrogens with zero attached hydrogens (tertiary/aromatic N) is 4. The van der Waals surface area contributed by atoms with Crippen molar-refractivity contribution in [2.45, 2.75) is 45.6 Å². The highest BCUT2D eigenvalue weighted by molar-refractivity contribution is 5.97. The van der Waals surface area contributed by atoms with Gasteiger partial charge >= 0.3 is 5.97 Å². The molecule has 0 aromatic carbocycles. The molecule has 0 radical (unpaired) electrons. The van der Waals surface area contributed by atoms with Crippen molar-refractivity contribution in [1.82, 2.24) is 19.6 Å². The van der Waals surface area contributed by atoms with Crippen molar-refractivity contribution in [2.75, 3.05) is 13.1 Å². The molecule has 0 bridgehead atoms. The molecular weight excluding hydrogens is 352 g/mol. The zero-order valence-electron chi connectivity index (χ0n) is 15.5. The number of piperidine rings is 1. The van der Waals surface area contributed by atoms with E-state index in [2.05, 4.69) is 10.1 Å². The van der Waals surface area contributed by atoms with Gasteiger partial charge in [0.1, 0.15) is 11.1 Å². The van der Waals surface area contributed by atoms with Gasteiger partial charge in [-0.05, 0) is 26.7 Å². The second-order valence-electron chi connectivity index (χ2n) is 7.02. The van der Waals surface area contributed by atoms with E-state index in [1.807, 2.05) is 13.8 Å². The number of aromatic carboxylic acids is 1. The Hall–Kier alpha value is -2.97. The number of carboxylic acids is 1. The number of pyridine rings is 1. The molecule has 0 aliphatic carbocycles. The number of carbonyl (C=O) groups is 2. The highest BCUT2D eigenvalue weighted by Gasteiger charge is 2.30. The summed E-state index contributed by atoms with van der Waals surface area (Å²) >= 11 is 0. The molecule has 1 fully saturated rings. The summed E-state index contributed by atoms with van der Waals surface area (Å²) in [6, 6.07) is -0.0911. The van der Waals surface area contributed by atoms with Gasteiger partial charge in [0.25, 0.3) is 5.91 Å². The van der Waals surface area contributed by atoms with Crippen molar-refractivity contribution >= 4 is 11.9 Å². The third kappa shape index (κ3) is 3.76. The molecule has 27 heavy (non-hydrogen) atoms. The topological polar surface area (TPSA) is 119 Å². The molecule has 3 rings (SSSR count). The van der Waals surface area contributed by atoms with Crippen LogP contribution in [-0.2, 0) is 0 Å². The lowest BCUT2D eigenvalue weighted by Gasteiger charge is -2.31. The molecule has 144 valence electrons. The lowest BCUT2D eigenvalue weighted by Crippen LogP contribution is -2.42. The summed E-state index contributed by atoms with van der Waals surface area (Å²) < 4.78 is 6.59. The van der Waals surface area contributed by atoms with Crippen molar-refractivity contribution in [3.05, 3.63) is 45.5 Å². The van der Waals surface area contributed by atoms with Gasteiger partial charge in [-0.25, -0.2) is 4.79 Å². The molecule has 2 aromatic rings. The molecule has 9 nitrogen and oxygen atoms in total. The number of carboxylic acid groups (broad SMARTS) is 1. The van der Waals surface area contributed by atoms with Crippen LogP contribution in [0.25, 0.3) is 0 Å². The second-order valence-corrected chi connectivity index (χ2v) is 7.02. The Kier molecular flexibility index (Phi) is 5.11. The molecule has 1 atom stereocenters. The van der Waals surface area contributed by atoms with E-state index in [1.165, 1.54) is 12.4 Å². The van der Waals surface area contributed by atoms with Crippen molar-refractivity contribution in [2.24, 2.45) is 0 Å². The Morgan fingerprint density at radius 2 is 2.00 bits per heavy atom. The largest absolute Gasteiger partial charge is 0.477 e. The van der Waals surface area contributed by atoms with E-state index < -0.39 is 22.9 Å². The summed E-state index contributed by atoms with van der Waals surface area (Å²) in [5.41, 5.74) is -1.30. The lowest BCUT2D eigenvalue weighted by atomic mass is 9.96. The zero-order valence-corrected chi connectivity index (χ0v) is 15.5. The van der Waals surface area contributed by atoms with Crippen LogP contribution in [0.4, 0.5) is 0 Å². The molecule has 1 aliphatic heterocycles. The Morgan fingerprint density at radius 3 is 2.59 bits per heavy atom. The molecule has 1 saturated heterocycles. The van der Waals surface area contributed by atoms with E-state index in [4.69, 9.17) is 4.52 Å². The van der Waals surface area contributed by atoms with E-state index in [0.29, 0.717) is 24.8 Å². The quantitative estimate of drug-likeness (QED) is 0.867. The van der Waals surface area contributed by atoms with Gasteiger partial charge in [0.15, 0.2) is 5.82 Å². The molecule has 1 unspecified atom stereocenters. The van der Waals surface area contributed by atoms with Crippen LogP contribution in [-0.4, -0.2) is 49.7 Å². The summed E-state index contributed by atoms with van der Waals surface area (Å²) in [4.78, 5) is 42.8. The standard InChI is InChI=1S/C18H22N4O5/c1-10(2)22-8-13(15(23)14(9-22)18(25)26)17(24)21-6-4-5-12(7-21)16-19-11(3)27-20-16/h8-10,12H,4-7H2,1-3H3,(H,25,26). The molecule has 1 aliphatic rings. The first-order valence-electron chi connectivity index (χ1n) is 8.86. The van der Waals surface area contributed by atoms with Gasteiger partial charge in [0.05, 0.1) is 0 Å². The average molecular weight is 374 g/mol. The third-order valence-corrected chi connectivity index (χ3v) is 4.72. The molecule has 0 spiro atoms. The van der Waals surface area contributed by atoms with Gasteiger partial charge in [-0.3, -0.25) is 9.59 Å². The first-order chi connectivity index (χ1) is 12.8. The monoisotopic (exact) mass is 374 g/mol. The van der Waals surface area contributed by atoms with E-state index in [0.717, 1.165) is 12.8 Å². The van der Waals surface area contributed by atoms with Crippen LogP contribution < -0.4 is 5.43 Å². The van der Waals surface area contributed by atoms with Gasteiger partial charge in [0.2, 0.25) is 11.3 Å². The van der Waals surface area contributed by atoms with E-state index in [1.54, 1.807) is 16.4 Å². The van der Waals surface area contributed by atoms with Crippen molar-refractivity contribution < 1.29 is 19.2 Å². The van der Waals surface area contributed by atoms with Gasteiger partial charge in [0, 0.05) is 44.4 Å². The van der Waals surface area contributed by atoms with Crippen molar-refractivity contribution in [3.63, 3.8) is 0 Å². The second kappa shape index (κ2) is 7.34. The van der Waals surface area contributed by atoms with Gasteiger partial charge in [-0.2, -0.15) is 4.98 Å². The fourth-order valence-electron chi connectivity index (χ4n) is 3.22. The Labute approximate surface area is 155 Å². The normalized spacial score (nSPS) is 17.3. The maximum Gasteiger partial charge on any atom is 0.341 e. The smallest absolute Gasteiger partial charge is 0.341 e. The average Bonchev–Trinajstić information content (AvgIpc) is 3.07. The van der Waals surface area contributed by atoms with E-state index in [-0.39, 0.29) is 17.5 Å². The van der Waals surface area contributed by atoms with Crippen molar-refractivity contribution in [1.29, 1.82) is 0 Å². The number of aromatic nitrogens is 3. The van der Waals surface area contributed by atoms with E-state index >= 15 is 0 Å². The number of hydrogen-bond acceptors (Lipinski definition) is 6. The molecule has 2 aromatic heterocycles. The minimum absolute atomic E-state index is 0.0740. The fraction of sp³-hybridized carbons (Fsp3) is 0.500. The van der Waals surface area contributed by atoms with Gasteiger partial charge < -0.3 is 19.1 Å². The van der Waals surface area contributed by atoms with Crippen molar-refractivity contribution in [3.8, 4) is 0 Å².